The van der Waals surface area contributed by atoms with E-state index in [-0.39, 0.29) is 5.54 Å². The Balaban J connectivity index is 1.66. The van der Waals surface area contributed by atoms with E-state index in [2.05, 4.69) is 17.1 Å². The molecule has 4 rings (SSSR count). The number of hydrogen-bond donors (Lipinski definition) is 1. The summed E-state index contributed by atoms with van der Waals surface area (Å²) in [5.41, 5.74) is 1.66. The van der Waals surface area contributed by atoms with Crippen molar-refractivity contribution in [3.8, 4) is 0 Å². The molecule has 0 unspecified atom stereocenters. The highest BCUT2D eigenvalue weighted by Crippen LogP contribution is 2.42. The summed E-state index contributed by atoms with van der Waals surface area (Å²) in [7, 11) is 0. The molecular weight excluding hydrogens is 272 g/mol. The monoisotopic (exact) mass is 294 g/mol. The fourth-order valence-electron chi connectivity index (χ4n) is 3.31. The summed E-state index contributed by atoms with van der Waals surface area (Å²) in [6.07, 6.45) is 10.5. The second kappa shape index (κ2) is 5.05. The molecule has 1 aromatic rings. The van der Waals surface area contributed by atoms with Gasteiger partial charge in [0.2, 0.25) is 0 Å². The third-order valence-corrected chi connectivity index (χ3v) is 7.01. The Bertz CT molecular complexity index is 435. The number of fused-ring (bicyclic) bond motifs is 1. The van der Waals surface area contributed by atoms with Crippen LogP contribution in [0.25, 0.3) is 0 Å². The van der Waals surface area contributed by atoms with Crippen LogP contribution >= 0.6 is 23.1 Å². The molecule has 104 valence electrons. The average molecular weight is 294 g/mol. The molecule has 2 fully saturated rings. The van der Waals surface area contributed by atoms with Crippen LogP contribution in [0.1, 0.15) is 54.1 Å². The van der Waals surface area contributed by atoms with Gasteiger partial charge in [-0.15, -0.1) is 11.3 Å². The number of rotatable bonds is 3. The highest BCUT2D eigenvalue weighted by atomic mass is 32.2. The lowest BCUT2D eigenvalue weighted by Crippen LogP contribution is -2.46. The summed E-state index contributed by atoms with van der Waals surface area (Å²) in [6.45, 7) is 0. The van der Waals surface area contributed by atoms with E-state index in [0.29, 0.717) is 0 Å². The zero-order valence-electron chi connectivity index (χ0n) is 11.4. The van der Waals surface area contributed by atoms with Gasteiger partial charge in [0.1, 0.15) is 5.01 Å². The van der Waals surface area contributed by atoms with Gasteiger partial charge in [0.25, 0.3) is 0 Å². The second-order valence-electron chi connectivity index (χ2n) is 6.21. The molecule has 0 amide bonds. The van der Waals surface area contributed by atoms with Crippen molar-refractivity contribution in [3.05, 3.63) is 15.6 Å². The molecule has 1 N–H and O–H groups in total. The molecule has 19 heavy (non-hydrogen) atoms. The predicted octanol–water partition coefficient (Wildman–Crippen LogP) is 3.50. The van der Waals surface area contributed by atoms with Crippen LogP contribution in [0.2, 0.25) is 0 Å². The molecule has 0 aromatic carbocycles. The van der Waals surface area contributed by atoms with E-state index < -0.39 is 0 Å². The number of aromatic nitrogens is 1. The van der Waals surface area contributed by atoms with E-state index in [4.69, 9.17) is 4.98 Å². The second-order valence-corrected chi connectivity index (χ2v) is 8.52. The Hall–Kier alpha value is -0.0600. The van der Waals surface area contributed by atoms with Gasteiger partial charge in [-0.3, -0.25) is 0 Å². The standard InChI is InChI=1S/C15H22N2S2/c1-2-4-13-12(3-1)16-14(19-13)15(17-11-5-6-11)7-9-18-10-8-15/h11,17H,1-10H2. The minimum atomic E-state index is 0.231. The molecule has 2 aliphatic carbocycles. The lowest BCUT2D eigenvalue weighted by Gasteiger charge is -2.36. The Labute approximate surface area is 123 Å². The number of aryl methyl sites for hydroxylation is 2. The molecule has 3 aliphatic rings. The molecule has 2 nitrogen and oxygen atoms in total. The van der Waals surface area contributed by atoms with Crippen molar-refractivity contribution in [2.45, 2.75) is 62.9 Å². The number of hydrogen-bond acceptors (Lipinski definition) is 4. The molecule has 1 aliphatic heterocycles. The minimum Gasteiger partial charge on any atom is -0.303 e. The molecule has 1 saturated heterocycles. The van der Waals surface area contributed by atoms with Crippen LogP contribution in [-0.4, -0.2) is 22.5 Å². The SMILES string of the molecule is C1CCc2sc(C3(NC4CC4)CCSCC3)nc2C1. The van der Waals surface area contributed by atoms with Crippen molar-refractivity contribution >= 4 is 23.1 Å². The van der Waals surface area contributed by atoms with E-state index in [9.17, 15) is 0 Å². The topological polar surface area (TPSA) is 24.9 Å². The van der Waals surface area contributed by atoms with Gasteiger partial charge in [-0.25, -0.2) is 4.98 Å². The third kappa shape index (κ3) is 2.47. The van der Waals surface area contributed by atoms with Gasteiger partial charge in [0.05, 0.1) is 11.2 Å². The van der Waals surface area contributed by atoms with Gasteiger partial charge in [-0.05, 0) is 62.9 Å². The molecule has 1 aromatic heterocycles. The van der Waals surface area contributed by atoms with Gasteiger partial charge in [-0.2, -0.15) is 11.8 Å². The van der Waals surface area contributed by atoms with Gasteiger partial charge in [0, 0.05) is 10.9 Å². The first-order valence-corrected chi connectivity index (χ1v) is 9.67. The van der Waals surface area contributed by atoms with Crippen LogP contribution in [0.15, 0.2) is 0 Å². The summed E-state index contributed by atoms with van der Waals surface area (Å²) in [4.78, 5) is 6.67. The van der Waals surface area contributed by atoms with E-state index in [1.165, 1.54) is 73.6 Å². The number of thioether (sulfide) groups is 1. The first-order chi connectivity index (χ1) is 9.36. The smallest absolute Gasteiger partial charge is 0.113 e. The molecule has 0 spiro atoms. The van der Waals surface area contributed by atoms with E-state index >= 15 is 0 Å². The molecule has 0 bridgehead atoms. The van der Waals surface area contributed by atoms with Crippen LogP contribution in [0.4, 0.5) is 0 Å². The lowest BCUT2D eigenvalue weighted by molar-refractivity contribution is 0.302. The zero-order valence-corrected chi connectivity index (χ0v) is 13.0. The van der Waals surface area contributed by atoms with Crippen molar-refractivity contribution in [2.75, 3.05) is 11.5 Å². The summed E-state index contributed by atoms with van der Waals surface area (Å²) in [6, 6.07) is 0.782. The Morgan fingerprint density at radius 3 is 2.63 bits per heavy atom. The quantitative estimate of drug-likeness (QED) is 0.923. The molecule has 1 saturated carbocycles. The van der Waals surface area contributed by atoms with E-state index in [1.807, 2.05) is 11.3 Å². The van der Waals surface area contributed by atoms with Gasteiger partial charge >= 0.3 is 0 Å². The maximum Gasteiger partial charge on any atom is 0.113 e. The molecule has 0 radical (unpaired) electrons. The van der Waals surface area contributed by atoms with Crippen LogP contribution in [-0.2, 0) is 18.4 Å². The summed E-state index contributed by atoms with van der Waals surface area (Å²) < 4.78 is 0. The molecule has 0 atom stereocenters. The lowest BCUT2D eigenvalue weighted by atomic mass is 9.92. The number of nitrogens with one attached hydrogen (secondary N) is 1. The molecule has 2 heterocycles. The minimum absolute atomic E-state index is 0.231. The third-order valence-electron chi connectivity index (χ3n) is 4.66. The predicted molar refractivity (Wildman–Crippen MR) is 83.2 cm³/mol. The average Bonchev–Trinajstić information content (AvgIpc) is 3.14. The van der Waals surface area contributed by atoms with Crippen LogP contribution in [0, 0.1) is 0 Å². The molecular formula is C15H22N2S2. The maximum atomic E-state index is 5.07. The highest BCUT2D eigenvalue weighted by Gasteiger charge is 2.41. The van der Waals surface area contributed by atoms with Crippen molar-refractivity contribution < 1.29 is 0 Å². The highest BCUT2D eigenvalue weighted by molar-refractivity contribution is 7.99. The maximum absolute atomic E-state index is 5.07. The Morgan fingerprint density at radius 1 is 1.11 bits per heavy atom. The van der Waals surface area contributed by atoms with Crippen molar-refractivity contribution in [1.82, 2.24) is 10.3 Å². The normalized spacial score (nSPS) is 26.1. The summed E-state index contributed by atoms with van der Waals surface area (Å²) >= 11 is 4.14. The van der Waals surface area contributed by atoms with E-state index in [0.717, 1.165) is 6.04 Å². The van der Waals surface area contributed by atoms with Crippen molar-refractivity contribution in [2.24, 2.45) is 0 Å². The van der Waals surface area contributed by atoms with Gasteiger partial charge in [-0.1, -0.05) is 0 Å². The van der Waals surface area contributed by atoms with Crippen LogP contribution in [0.3, 0.4) is 0 Å². The fraction of sp³-hybridized carbons (Fsp3) is 0.800. The summed E-state index contributed by atoms with van der Waals surface area (Å²) in [5.74, 6) is 2.59. The van der Waals surface area contributed by atoms with Crippen molar-refractivity contribution in [3.63, 3.8) is 0 Å². The summed E-state index contributed by atoms with van der Waals surface area (Å²) in [5, 5.41) is 5.39. The molecule has 4 heteroatoms. The fourth-order valence-corrected chi connectivity index (χ4v) is 5.86. The number of nitrogens with zero attached hydrogens (tertiary/aromatic N) is 1. The largest absolute Gasteiger partial charge is 0.303 e. The van der Waals surface area contributed by atoms with Crippen LogP contribution < -0.4 is 5.32 Å². The number of thiazole rings is 1. The van der Waals surface area contributed by atoms with Gasteiger partial charge < -0.3 is 5.32 Å². The van der Waals surface area contributed by atoms with E-state index in [1.54, 1.807) is 4.88 Å². The van der Waals surface area contributed by atoms with Gasteiger partial charge in [0.15, 0.2) is 0 Å². The first-order valence-electron chi connectivity index (χ1n) is 7.70. The Kier molecular flexibility index (Phi) is 3.36. The van der Waals surface area contributed by atoms with Crippen LogP contribution in [0.5, 0.6) is 0 Å². The first kappa shape index (κ1) is 12.7. The zero-order chi connectivity index (χ0) is 12.7. The Morgan fingerprint density at radius 2 is 1.89 bits per heavy atom. The van der Waals surface area contributed by atoms with Crippen molar-refractivity contribution in [1.29, 1.82) is 0 Å².